The predicted octanol–water partition coefficient (Wildman–Crippen LogP) is 11.5. The second kappa shape index (κ2) is 16.9. The SMILES string of the molecule is C=C(C)CC(F)(CC)c1ccc(OC(F)F)c(C(=C=CC)S/C(=C\C)CC=C2CC[C@H](C(C)(C)C)C[C@@](CC)(C(=O)CO)C2)c1. The molecule has 3 nitrogen and oxygen atoms in total. The van der Waals surface area contributed by atoms with Crippen molar-refractivity contribution in [3.63, 3.8) is 0 Å². The van der Waals surface area contributed by atoms with E-state index in [9.17, 15) is 18.7 Å². The van der Waals surface area contributed by atoms with Crippen LogP contribution in [0.2, 0.25) is 0 Å². The van der Waals surface area contributed by atoms with E-state index in [1.807, 2.05) is 19.9 Å². The van der Waals surface area contributed by atoms with Crippen molar-refractivity contribution in [1.29, 1.82) is 0 Å². The van der Waals surface area contributed by atoms with Crippen molar-refractivity contribution in [3.05, 3.63) is 75.9 Å². The minimum atomic E-state index is -3.04. The van der Waals surface area contributed by atoms with Crippen molar-refractivity contribution in [2.45, 2.75) is 119 Å². The van der Waals surface area contributed by atoms with Gasteiger partial charge in [-0.2, -0.15) is 8.78 Å². The van der Waals surface area contributed by atoms with Crippen molar-refractivity contribution < 1.29 is 27.8 Å². The zero-order chi connectivity index (χ0) is 34.0. The summed E-state index contributed by atoms with van der Waals surface area (Å²) in [6.07, 6.45) is 10.6. The quantitative estimate of drug-likeness (QED) is 0.124. The zero-order valence-electron chi connectivity index (χ0n) is 28.5. The Morgan fingerprint density at radius 3 is 2.47 bits per heavy atom. The van der Waals surface area contributed by atoms with Gasteiger partial charge in [0.2, 0.25) is 0 Å². The van der Waals surface area contributed by atoms with Gasteiger partial charge in [0.05, 0.1) is 4.91 Å². The molecule has 0 bridgehead atoms. The number of hydrogen-bond acceptors (Lipinski definition) is 4. The van der Waals surface area contributed by atoms with E-state index in [-0.39, 0.29) is 29.8 Å². The molecule has 7 heteroatoms. The van der Waals surface area contributed by atoms with Crippen LogP contribution in [0, 0.1) is 16.7 Å². The maximum atomic E-state index is 16.1. The summed E-state index contributed by atoms with van der Waals surface area (Å²) in [5.74, 6) is 0.204. The lowest BCUT2D eigenvalue weighted by molar-refractivity contribution is -0.133. The molecule has 250 valence electrons. The van der Waals surface area contributed by atoms with Crippen LogP contribution in [0.1, 0.15) is 118 Å². The molecule has 1 aliphatic rings. The summed E-state index contributed by atoms with van der Waals surface area (Å²) in [5.41, 5.74) is 3.53. The van der Waals surface area contributed by atoms with E-state index in [2.05, 4.69) is 39.2 Å². The number of thioether (sulfide) groups is 1. The van der Waals surface area contributed by atoms with E-state index in [0.29, 0.717) is 46.8 Å². The van der Waals surface area contributed by atoms with Crippen LogP contribution < -0.4 is 4.74 Å². The minimum Gasteiger partial charge on any atom is -0.434 e. The Labute approximate surface area is 273 Å². The largest absolute Gasteiger partial charge is 0.434 e. The molecule has 0 heterocycles. The van der Waals surface area contributed by atoms with Crippen molar-refractivity contribution in [2.24, 2.45) is 16.7 Å². The van der Waals surface area contributed by atoms with Gasteiger partial charge in [-0.25, -0.2) is 4.39 Å². The molecule has 1 aromatic rings. The molecule has 0 amide bonds. The highest BCUT2D eigenvalue weighted by molar-refractivity contribution is 8.11. The lowest BCUT2D eigenvalue weighted by Crippen LogP contribution is -2.36. The van der Waals surface area contributed by atoms with Crippen LogP contribution in [0.25, 0.3) is 4.91 Å². The monoisotopic (exact) mass is 646 g/mol. The van der Waals surface area contributed by atoms with Gasteiger partial charge in [0, 0.05) is 17.4 Å². The number of ether oxygens (including phenoxy) is 1. The van der Waals surface area contributed by atoms with E-state index < -0.39 is 24.3 Å². The minimum absolute atomic E-state index is 0.0357. The Hall–Kier alpha value is -2.47. The van der Waals surface area contributed by atoms with Crippen LogP contribution in [0.15, 0.2) is 64.8 Å². The Bertz CT molecular complexity index is 1320. The highest BCUT2D eigenvalue weighted by atomic mass is 32.2. The van der Waals surface area contributed by atoms with E-state index in [1.165, 1.54) is 29.5 Å². The number of halogens is 3. The Kier molecular flexibility index (Phi) is 14.5. The molecule has 1 aromatic carbocycles. The molecular weight excluding hydrogens is 593 g/mol. The summed E-state index contributed by atoms with van der Waals surface area (Å²) >= 11 is 1.38. The molecular formula is C38H53F3O3S. The van der Waals surface area contributed by atoms with Crippen molar-refractivity contribution >= 4 is 22.5 Å². The average molecular weight is 647 g/mol. The molecule has 0 aromatic heterocycles. The number of Topliss-reactive ketones (excluding diaryl/α,β-unsaturated/α-hetero) is 1. The molecule has 1 aliphatic carbocycles. The maximum Gasteiger partial charge on any atom is 0.387 e. The Morgan fingerprint density at radius 1 is 1.27 bits per heavy atom. The molecule has 0 radical (unpaired) electrons. The van der Waals surface area contributed by atoms with Gasteiger partial charge in [-0.15, -0.1) is 12.3 Å². The number of carbonyl (C=O) groups excluding carboxylic acids is 1. The lowest BCUT2D eigenvalue weighted by atomic mass is 9.66. The van der Waals surface area contributed by atoms with E-state index >= 15 is 4.39 Å². The summed E-state index contributed by atoms with van der Waals surface area (Å²) < 4.78 is 48.0. The van der Waals surface area contributed by atoms with Gasteiger partial charge in [0.1, 0.15) is 18.0 Å². The molecule has 1 saturated carbocycles. The van der Waals surface area contributed by atoms with Gasteiger partial charge in [-0.05, 0) is 106 Å². The fourth-order valence-corrected chi connectivity index (χ4v) is 7.26. The number of hydrogen-bond donors (Lipinski definition) is 1. The smallest absolute Gasteiger partial charge is 0.387 e. The summed E-state index contributed by atoms with van der Waals surface area (Å²) in [6.45, 7) is 16.3. The molecule has 1 fully saturated rings. The van der Waals surface area contributed by atoms with Gasteiger partial charge in [0.15, 0.2) is 5.78 Å². The van der Waals surface area contributed by atoms with E-state index in [1.54, 1.807) is 32.9 Å². The third kappa shape index (κ3) is 10.5. The van der Waals surface area contributed by atoms with Crippen molar-refractivity contribution in [1.82, 2.24) is 0 Å². The standard InChI is InChI=1S/C38H53F3O3S/c1-10-14-33(31-21-28(18-20-32(31)44-35(39)40)38(41,13-4)22-26(5)6)45-30(11-2)19-16-27-15-17-29(36(7,8)9)24-37(12-3,23-27)34(43)25-42/h10-11,16,18,20-21,29,35,42H,5,12-13,15,17,19,22-25H2,1-4,6-9H3/b27-16?,30-11-/t14?,29-,37-,38?/m0/s1. The highest BCUT2D eigenvalue weighted by Gasteiger charge is 2.43. The summed E-state index contributed by atoms with van der Waals surface area (Å²) in [7, 11) is 0. The van der Waals surface area contributed by atoms with Crippen LogP contribution in [-0.4, -0.2) is 24.1 Å². The highest BCUT2D eigenvalue weighted by Crippen LogP contribution is 2.49. The van der Waals surface area contributed by atoms with E-state index in [4.69, 9.17) is 4.74 Å². The van der Waals surface area contributed by atoms with Gasteiger partial charge in [-0.1, -0.05) is 75.7 Å². The molecule has 1 N–H and O–H groups in total. The molecule has 0 aliphatic heterocycles. The zero-order valence-corrected chi connectivity index (χ0v) is 29.3. The number of alkyl halides is 3. The first-order valence-corrected chi connectivity index (χ1v) is 16.9. The topological polar surface area (TPSA) is 46.5 Å². The number of aliphatic hydroxyl groups excluding tert-OH is 1. The van der Waals surface area contributed by atoms with Crippen LogP contribution in [-0.2, 0) is 10.5 Å². The average Bonchev–Trinajstić information content (AvgIpc) is 3.18. The summed E-state index contributed by atoms with van der Waals surface area (Å²) in [6, 6.07) is 4.52. The normalized spacial score (nSPS) is 21.6. The van der Waals surface area contributed by atoms with Crippen LogP contribution in [0.3, 0.4) is 0 Å². The van der Waals surface area contributed by atoms with Crippen molar-refractivity contribution in [2.75, 3.05) is 6.61 Å². The summed E-state index contributed by atoms with van der Waals surface area (Å²) in [4.78, 5) is 14.6. The number of aliphatic hydroxyl groups is 1. The van der Waals surface area contributed by atoms with E-state index in [0.717, 1.165) is 24.2 Å². The number of allylic oxidation sites excluding steroid dienone is 6. The van der Waals surface area contributed by atoms with Gasteiger partial charge >= 0.3 is 6.61 Å². The maximum absolute atomic E-state index is 16.1. The third-order valence-electron chi connectivity index (χ3n) is 9.18. The van der Waals surface area contributed by atoms with Crippen molar-refractivity contribution in [3.8, 4) is 5.75 Å². The lowest BCUT2D eigenvalue weighted by Gasteiger charge is -2.37. The first-order valence-electron chi connectivity index (χ1n) is 16.1. The molecule has 0 spiro atoms. The number of rotatable bonds is 14. The number of ketones is 1. The molecule has 1 unspecified atom stereocenters. The second-order valence-electron chi connectivity index (χ2n) is 13.4. The molecule has 0 saturated heterocycles. The Balaban J connectivity index is 2.51. The van der Waals surface area contributed by atoms with Crippen LogP contribution >= 0.6 is 11.8 Å². The first kappa shape index (κ1) is 38.7. The summed E-state index contributed by atoms with van der Waals surface area (Å²) in [5, 5.41) is 9.89. The predicted molar refractivity (Wildman–Crippen MR) is 183 cm³/mol. The molecule has 3 atom stereocenters. The first-order chi connectivity index (χ1) is 21.1. The molecule has 45 heavy (non-hydrogen) atoms. The number of benzene rings is 1. The second-order valence-corrected chi connectivity index (χ2v) is 14.6. The van der Waals surface area contributed by atoms with Crippen LogP contribution in [0.4, 0.5) is 13.2 Å². The van der Waals surface area contributed by atoms with Gasteiger partial charge < -0.3 is 9.84 Å². The van der Waals surface area contributed by atoms with Gasteiger partial charge in [-0.3, -0.25) is 4.79 Å². The fraction of sp³-hybridized carbons (Fsp3) is 0.579. The fourth-order valence-electron chi connectivity index (χ4n) is 6.27. The third-order valence-corrected chi connectivity index (χ3v) is 10.4. The van der Waals surface area contributed by atoms with Gasteiger partial charge in [0.25, 0.3) is 0 Å². The molecule has 2 rings (SSSR count). The number of carbonyl (C=O) groups is 1. The van der Waals surface area contributed by atoms with Crippen LogP contribution in [0.5, 0.6) is 5.75 Å². The Morgan fingerprint density at radius 2 is 1.96 bits per heavy atom.